The highest BCUT2D eigenvalue weighted by Crippen LogP contribution is 2.60. The predicted molar refractivity (Wildman–Crippen MR) is 94.9 cm³/mol. The van der Waals surface area contributed by atoms with Crippen molar-refractivity contribution in [3.05, 3.63) is 35.4 Å². The first-order valence-electron chi connectivity index (χ1n) is 9.03. The molecule has 0 unspecified atom stereocenters. The molecule has 1 aromatic rings. The lowest BCUT2D eigenvalue weighted by Crippen LogP contribution is -2.51. The third-order valence-corrected chi connectivity index (χ3v) is 6.24. The molecule has 1 N–H and O–H groups in total. The summed E-state index contributed by atoms with van der Waals surface area (Å²) in [4.78, 5) is 13.0. The average Bonchev–Trinajstić information content (AvgIpc) is 2.60. The van der Waals surface area contributed by atoms with Crippen LogP contribution >= 0.6 is 0 Å². The van der Waals surface area contributed by atoms with Crippen LogP contribution in [0.25, 0.3) is 6.08 Å². The molecule has 4 aliphatic rings. The van der Waals surface area contributed by atoms with Gasteiger partial charge in [-0.15, -0.1) is 0 Å². The summed E-state index contributed by atoms with van der Waals surface area (Å²) in [6.45, 7) is 0. The third kappa shape index (κ3) is 2.94. The number of hydrogen-bond donors (Lipinski definition) is 1. The first kappa shape index (κ1) is 15.9. The molecule has 1 amide bonds. The van der Waals surface area contributed by atoms with Crippen molar-refractivity contribution in [3.63, 3.8) is 0 Å². The predicted octanol–water partition coefficient (Wildman–Crippen LogP) is 4.27. The van der Waals surface area contributed by atoms with Gasteiger partial charge in [-0.3, -0.25) is 4.79 Å². The number of carbonyl (C=O) groups is 1. The summed E-state index contributed by atoms with van der Waals surface area (Å²) < 4.78 is 0. The minimum Gasteiger partial charge on any atom is -0.326 e. The first-order chi connectivity index (χ1) is 12.1. The van der Waals surface area contributed by atoms with Crippen molar-refractivity contribution in [1.82, 2.24) is 0 Å². The number of nitrogens with one attached hydrogen (secondary N) is 1. The smallest absolute Gasteiger partial charge is 0.230 e. The van der Waals surface area contributed by atoms with E-state index in [9.17, 15) is 4.79 Å². The van der Waals surface area contributed by atoms with E-state index in [2.05, 4.69) is 5.32 Å². The number of allylic oxidation sites excluding steroid dienone is 1. The molecule has 0 aromatic heterocycles. The number of anilines is 1. The Kier molecular flexibility index (Phi) is 3.85. The maximum Gasteiger partial charge on any atom is 0.230 e. The Morgan fingerprint density at radius 1 is 1.00 bits per heavy atom. The summed E-state index contributed by atoms with van der Waals surface area (Å²) in [6.07, 6.45) is 8.69. The Balaban J connectivity index is 1.48. The van der Waals surface area contributed by atoms with Gasteiger partial charge in [-0.05, 0) is 80.1 Å². The number of amides is 1. The van der Waals surface area contributed by atoms with Crippen LogP contribution in [0.4, 0.5) is 5.69 Å². The van der Waals surface area contributed by atoms with Crippen molar-refractivity contribution in [1.29, 1.82) is 10.5 Å². The molecule has 4 nitrogen and oxygen atoms in total. The van der Waals surface area contributed by atoms with Gasteiger partial charge < -0.3 is 5.32 Å². The van der Waals surface area contributed by atoms with Gasteiger partial charge in [-0.2, -0.15) is 10.5 Å². The lowest BCUT2D eigenvalue weighted by atomic mass is 9.49. The van der Waals surface area contributed by atoms with Crippen LogP contribution in [0.1, 0.15) is 44.1 Å². The number of benzene rings is 1. The largest absolute Gasteiger partial charge is 0.326 e. The summed E-state index contributed by atoms with van der Waals surface area (Å²) in [5.41, 5.74) is 1.49. The van der Waals surface area contributed by atoms with E-state index in [4.69, 9.17) is 10.5 Å². The Labute approximate surface area is 148 Å². The van der Waals surface area contributed by atoms with Crippen LogP contribution in [0, 0.1) is 45.8 Å². The van der Waals surface area contributed by atoms with E-state index in [1.54, 1.807) is 6.08 Å². The summed E-state index contributed by atoms with van der Waals surface area (Å²) in [6, 6.07) is 11.0. The van der Waals surface area contributed by atoms with Crippen LogP contribution < -0.4 is 5.32 Å². The molecule has 5 rings (SSSR count). The molecule has 4 bridgehead atoms. The van der Waals surface area contributed by atoms with E-state index in [0.717, 1.165) is 48.3 Å². The topological polar surface area (TPSA) is 76.7 Å². The average molecular weight is 331 g/mol. The summed E-state index contributed by atoms with van der Waals surface area (Å²) in [5, 5.41) is 20.7. The number of carbonyl (C=O) groups excluding carboxylic acids is 1. The van der Waals surface area contributed by atoms with Crippen molar-refractivity contribution in [2.24, 2.45) is 23.2 Å². The quantitative estimate of drug-likeness (QED) is 0.840. The van der Waals surface area contributed by atoms with Gasteiger partial charge in [0.15, 0.2) is 0 Å². The SMILES string of the molecule is N#CC(C#N)=Cc1ccc(NC(=O)C23CC4CC(CC(C4)C2)C3)cc1. The maximum atomic E-state index is 13.0. The Hall–Kier alpha value is -2.59. The molecular weight excluding hydrogens is 310 g/mol. The molecule has 4 aliphatic carbocycles. The van der Waals surface area contributed by atoms with E-state index >= 15 is 0 Å². The molecule has 1 aromatic carbocycles. The minimum absolute atomic E-state index is 0.0744. The van der Waals surface area contributed by atoms with Crippen molar-refractivity contribution in [2.45, 2.75) is 38.5 Å². The highest BCUT2D eigenvalue weighted by atomic mass is 16.2. The fourth-order valence-corrected chi connectivity index (χ4v) is 5.57. The minimum atomic E-state index is -0.151. The number of nitriles is 2. The zero-order valence-corrected chi connectivity index (χ0v) is 14.2. The Morgan fingerprint density at radius 3 is 2.00 bits per heavy atom. The van der Waals surface area contributed by atoms with Crippen LogP contribution in [0.2, 0.25) is 0 Å². The van der Waals surface area contributed by atoms with Gasteiger partial charge in [-0.25, -0.2) is 0 Å². The third-order valence-electron chi connectivity index (χ3n) is 6.24. The van der Waals surface area contributed by atoms with Crippen LogP contribution in [-0.2, 0) is 4.79 Å². The molecule has 0 radical (unpaired) electrons. The van der Waals surface area contributed by atoms with Gasteiger partial charge in [-0.1, -0.05) is 12.1 Å². The van der Waals surface area contributed by atoms with E-state index in [0.29, 0.717) is 0 Å². The van der Waals surface area contributed by atoms with Gasteiger partial charge in [0, 0.05) is 5.69 Å². The standard InChI is InChI=1S/C21H21N3O/c22-12-18(13-23)5-14-1-3-19(4-2-14)24-20(25)21-9-15-6-16(10-21)8-17(7-15)11-21/h1-5,15-17H,6-11H2,(H,24,25). The zero-order chi connectivity index (χ0) is 17.4. The van der Waals surface area contributed by atoms with Gasteiger partial charge in [0.25, 0.3) is 0 Å². The zero-order valence-electron chi connectivity index (χ0n) is 14.2. The van der Waals surface area contributed by atoms with E-state index in [1.165, 1.54) is 19.3 Å². The molecule has 4 fully saturated rings. The normalized spacial score (nSPS) is 31.7. The molecule has 4 heteroatoms. The van der Waals surface area contributed by atoms with Crippen LogP contribution in [0.15, 0.2) is 29.8 Å². The highest BCUT2D eigenvalue weighted by molar-refractivity contribution is 5.95. The molecule has 4 saturated carbocycles. The summed E-state index contributed by atoms with van der Waals surface area (Å²) in [5.74, 6) is 2.43. The molecule has 0 atom stereocenters. The number of rotatable bonds is 3. The second-order valence-corrected chi connectivity index (χ2v) is 8.06. The first-order valence-corrected chi connectivity index (χ1v) is 9.03. The second kappa shape index (κ2) is 6.05. The van der Waals surface area contributed by atoms with Crippen molar-refractivity contribution < 1.29 is 4.79 Å². The lowest BCUT2D eigenvalue weighted by Gasteiger charge is -2.55. The molecule has 0 heterocycles. The fraction of sp³-hybridized carbons (Fsp3) is 0.476. The van der Waals surface area contributed by atoms with E-state index < -0.39 is 0 Å². The van der Waals surface area contributed by atoms with Crippen molar-refractivity contribution in [3.8, 4) is 12.1 Å². The lowest BCUT2D eigenvalue weighted by molar-refractivity contribution is -0.140. The molecule has 0 saturated heterocycles. The van der Waals surface area contributed by atoms with Crippen molar-refractivity contribution >= 4 is 17.7 Å². The fourth-order valence-electron chi connectivity index (χ4n) is 5.57. The van der Waals surface area contributed by atoms with Crippen LogP contribution in [0.5, 0.6) is 0 Å². The molecule has 0 spiro atoms. The molecule has 25 heavy (non-hydrogen) atoms. The van der Waals surface area contributed by atoms with Crippen LogP contribution in [0.3, 0.4) is 0 Å². The van der Waals surface area contributed by atoms with Gasteiger partial charge in [0.05, 0.1) is 5.41 Å². The van der Waals surface area contributed by atoms with Gasteiger partial charge in [0.1, 0.15) is 17.7 Å². The maximum absolute atomic E-state index is 13.0. The monoisotopic (exact) mass is 331 g/mol. The van der Waals surface area contributed by atoms with E-state index in [-0.39, 0.29) is 16.9 Å². The number of nitrogens with zero attached hydrogens (tertiary/aromatic N) is 2. The molecular formula is C21H21N3O. The van der Waals surface area contributed by atoms with Crippen LogP contribution in [-0.4, -0.2) is 5.91 Å². The second-order valence-electron chi connectivity index (χ2n) is 8.06. The summed E-state index contributed by atoms with van der Waals surface area (Å²) in [7, 11) is 0. The van der Waals surface area contributed by atoms with Gasteiger partial charge >= 0.3 is 0 Å². The highest BCUT2D eigenvalue weighted by Gasteiger charge is 2.54. The van der Waals surface area contributed by atoms with Crippen molar-refractivity contribution in [2.75, 3.05) is 5.32 Å². The number of hydrogen-bond acceptors (Lipinski definition) is 3. The molecule has 0 aliphatic heterocycles. The molecule has 126 valence electrons. The van der Waals surface area contributed by atoms with E-state index in [1.807, 2.05) is 36.4 Å². The van der Waals surface area contributed by atoms with Gasteiger partial charge in [0.2, 0.25) is 5.91 Å². The Bertz CT molecular complexity index is 756. The summed E-state index contributed by atoms with van der Waals surface area (Å²) >= 11 is 0. The Morgan fingerprint density at radius 2 is 1.52 bits per heavy atom.